The number of nitrogens with one attached hydrogen (secondary N) is 1. The van der Waals surface area contributed by atoms with E-state index in [0.717, 1.165) is 21.5 Å². The van der Waals surface area contributed by atoms with E-state index in [1.54, 1.807) is 18.2 Å². The highest BCUT2D eigenvalue weighted by Gasteiger charge is 2.10. The Labute approximate surface area is 147 Å². The van der Waals surface area contributed by atoms with Gasteiger partial charge in [0.05, 0.1) is 5.56 Å². The first-order chi connectivity index (χ1) is 11.7. The first kappa shape index (κ1) is 16.2. The molecule has 0 saturated heterocycles. The number of hydrogen-bond donors (Lipinski definition) is 1. The lowest BCUT2D eigenvalue weighted by molar-refractivity contribution is -0.118. The van der Waals surface area contributed by atoms with Crippen molar-refractivity contribution < 1.29 is 14.3 Å². The van der Waals surface area contributed by atoms with Gasteiger partial charge < -0.3 is 10.1 Å². The van der Waals surface area contributed by atoms with Gasteiger partial charge in [-0.15, -0.1) is 0 Å². The molecule has 0 radical (unpaired) electrons. The zero-order valence-electron chi connectivity index (χ0n) is 12.7. The zero-order chi connectivity index (χ0) is 16.9. The highest BCUT2D eigenvalue weighted by molar-refractivity contribution is 9.10. The Kier molecular flexibility index (Phi) is 4.91. The number of benzene rings is 3. The summed E-state index contributed by atoms with van der Waals surface area (Å²) < 4.78 is 6.42. The van der Waals surface area contributed by atoms with Gasteiger partial charge in [0.1, 0.15) is 5.75 Å². The molecule has 0 atom stereocenters. The maximum absolute atomic E-state index is 12.0. The lowest BCUT2D eigenvalue weighted by Gasteiger charge is -2.11. The third-order valence-corrected chi connectivity index (χ3v) is 4.01. The van der Waals surface area contributed by atoms with Crippen molar-refractivity contribution >= 4 is 44.6 Å². The quantitative estimate of drug-likeness (QED) is 0.662. The number of anilines is 1. The molecule has 0 unspecified atom stereocenters. The van der Waals surface area contributed by atoms with E-state index in [-0.39, 0.29) is 12.5 Å². The SMILES string of the molecule is O=Cc1c(OCC(=O)Nc2cccc(Br)c2)ccc2ccccc12. The predicted octanol–water partition coefficient (Wildman–Crippen LogP) is 4.43. The molecule has 3 aromatic carbocycles. The molecule has 120 valence electrons. The Morgan fingerprint density at radius 2 is 1.92 bits per heavy atom. The van der Waals surface area contributed by atoms with Crippen molar-refractivity contribution in [2.24, 2.45) is 0 Å². The van der Waals surface area contributed by atoms with Crippen molar-refractivity contribution in [2.45, 2.75) is 0 Å². The standard InChI is InChI=1S/C19H14BrNO3/c20-14-5-3-6-15(10-14)21-19(23)12-24-18-9-8-13-4-1-2-7-16(13)17(18)11-22/h1-11H,12H2,(H,21,23). The van der Waals surface area contributed by atoms with E-state index >= 15 is 0 Å². The molecule has 0 aliphatic carbocycles. The van der Waals surface area contributed by atoms with Crippen LogP contribution in [0.5, 0.6) is 5.75 Å². The van der Waals surface area contributed by atoms with Crippen molar-refractivity contribution in [3.8, 4) is 5.75 Å². The molecule has 0 bridgehead atoms. The van der Waals surface area contributed by atoms with E-state index in [1.165, 1.54) is 0 Å². The summed E-state index contributed by atoms with van der Waals surface area (Å²) in [5.74, 6) is 0.103. The summed E-state index contributed by atoms with van der Waals surface area (Å²) in [6.07, 6.45) is 0.754. The third kappa shape index (κ3) is 3.63. The second-order valence-corrected chi connectivity index (χ2v) is 6.08. The molecule has 5 heteroatoms. The lowest BCUT2D eigenvalue weighted by atomic mass is 10.0. The number of hydrogen-bond acceptors (Lipinski definition) is 3. The number of halogens is 1. The summed E-state index contributed by atoms with van der Waals surface area (Å²) >= 11 is 3.35. The largest absolute Gasteiger partial charge is 0.483 e. The van der Waals surface area contributed by atoms with Crippen LogP contribution in [0.2, 0.25) is 0 Å². The first-order valence-electron chi connectivity index (χ1n) is 7.32. The zero-order valence-corrected chi connectivity index (χ0v) is 14.2. The summed E-state index contributed by atoms with van der Waals surface area (Å²) in [6, 6.07) is 18.4. The van der Waals surface area contributed by atoms with E-state index in [2.05, 4.69) is 21.2 Å². The molecule has 3 rings (SSSR count). The van der Waals surface area contributed by atoms with E-state index in [9.17, 15) is 9.59 Å². The smallest absolute Gasteiger partial charge is 0.262 e. The number of carbonyl (C=O) groups excluding carboxylic acids is 2. The van der Waals surface area contributed by atoms with Gasteiger partial charge in [-0.05, 0) is 35.0 Å². The van der Waals surface area contributed by atoms with E-state index < -0.39 is 0 Å². The summed E-state index contributed by atoms with van der Waals surface area (Å²) in [6.45, 7) is -0.175. The van der Waals surface area contributed by atoms with Gasteiger partial charge in [-0.1, -0.05) is 52.3 Å². The van der Waals surface area contributed by atoms with Crippen LogP contribution < -0.4 is 10.1 Å². The molecule has 24 heavy (non-hydrogen) atoms. The molecule has 1 amide bonds. The Hall–Kier alpha value is -2.66. The number of amides is 1. The molecule has 3 aromatic rings. The normalized spacial score (nSPS) is 10.4. The van der Waals surface area contributed by atoms with Gasteiger partial charge in [-0.25, -0.2) is 0 Å². The van der Waals surface area contributed by atoms with Gasteiger partial charge >= 0.3 is 0 Å². The topological polar surface area (TPSA) is 55.4 Å². The second-order valence-electron chi connectivity index (χ2n) is 5.16. The number of rotatable bonds is 5. The number of aldehydes is 1. The molecule has 0 aromatic heterocycles. The number of carbonyl (C=O) groups is 2. The van der Waals surface area contributed by atoms with Crippen LogP contribution in [0, 0.1) is 0 Å². The highest BCUT2D eigenvalue weighted by atomic mass is 79.9. The summed E-state index contributed by atoms with van der Waals surface area (Å²) in [5, 5.41) is 4.50. The fraction of sp³-hybridized carbons (Fsp3) is 0.0526. The van der Waals surface area contributed by atoms with Gasteiger partial charge in [-0.2, -0.15) is 0 Å². The molecular weight excluding hydrogens is 370 g/mol. The van der Waals surface area contributed by atoms with E-state index in [0.29, 0.717) is 17.0 Å². The Morgan fingerprint density at radius 3 is 2.71 bits per heavy atom. The van der Waals surface area contributed by atoms with Crippen molar-refractivity contribution in [3.63, 3.8) is 0 Å². The molecular formula is C19H14BrNO3. The van der Waals surface area contributed by atoms with Gasteiger partial charge in [0.25, 0.3) is 5.91 Å². The molecule has 0 fully saturated rings. The lowest BCUT2D eigenvalue weighted by Crippen LogP contribution is -2.20. The first-order valence-corrected chi connectivity index (χ1v) is 8.12. The van der Waals surface area contributed by atoms with E-state index in [1.807, 2.05) is 42.5 Å². The molecule has 1 N–H and O–H groups in total. The monoisotopic (exact) mass is 383 g/mol. The third-order valence-electron chi connectivity index (χ3n) is 3.52. The van der Waals surface area contributed by atoms with Crippen LogP contribution in [-0.4, -0.2) is 18.8 Å². The number of fused-ring (bicyclic) bond motifs is 1. The molecule has 0 heterocycles. The predicted molar refractivity (Wildman–Crippen MR) is 97.6 cm³/mol. The fourth-order valence-electron chi connectivity index (χ4n) is 2.43. The Bertz CT molecular complexity index is 908. The maximum Gasteiger partial charge on any atom is 0.262 e. The summed E-state index contributed by atoms with van der Waals surface area (Å²) in [4.78, 5) is 23.4. The van der Waals surface area contributed by atoms with Crippen molar-refractivity contribution in [3.05, 3.63) is 70.7 Å². The van der Waals surface area contributed by atoms with Crippen LogP contribution in [0.4, 0.5) is 5.69 Å². The molecule has 0 aliphatic rings. The average Bonchev–Trinajstić information content (AvgIpc) is 2.59. The minimum absolute atomic E-state index is 0.175. The molecule has 0 spiro atoms. The van der Waals surface area contributed by atoms with Crippen LogP contribution in [0.15, 0.2) is 65.1 Å². The molecule has 0 aliphatic heterocycles. The average molecular weight is 384 g/mol. The fourth-order valence-corrected chi connectivity index (χ4v) is 2.83. The number of ether oxygens (including phenoxy) is 1. The van der Waals surface area contributed by atoms with Gasteiger partial charge in [-0.3, -0.25) is 9.59 Å². The van der Waals surface area contributed by atoms with Crippen molar-refractivity contribution in [2.75, 3.05) is 11.9 Å². The highest BCUT2D eigenvalue weighted by Crippen LogP contribution is 2.26. The van der Waals surface area contributed by atoms with Crippen LogP contribution in [0.1, 0.15) is 10.4 Å². The Balaban J connectivity index is 1.73. The molecule has 0 saturated carbocycles. The van der Waals surface area contributed by atoms with Crippen molar-refractivity contribution in [1.82, 2.24) is 0 Å². The Morgan fingerprint density at radius 1 is 1.08 bits per heavy atom. The minimum atomic E-state index is -0.293. The summed E-state index contributed by atoms with van der Waals surface area (Å²) in [5.41, 5.74) is 1.12. The van der Waals surface area contributed by atoms with Crippen LogP contribution in [0.25, 0.3) is 10.8 Å². The van der Waals surface area contributed by atoms with Gasteiger partial charge in [0, 0.05) is 10.2 Å². The van der Waals surface area contributed by atoms with Gasteiger partial charge in [0.15, 0.2) is 12.9 Å². The minimum Gasteiger partial charge on any atom is -0.483 e. The van der Waals surface area contributed by atoms with Crippen molar-refractivity contribution in [1.29, 1.82) is 0 Å². The summed E-state index contributed by atoms with van der Waals surface area (Å²) in [7, 11) is 0. The maximum atomic E-state index is 12.0. The molecule has 4 nitrogen and oxygen atoms in total. The van der Waals surface area contributed by atoms with Crippen LogP contribution in [0.3, 0.4) is 0 Å². The van der Waals surface area contributed by atoms with Gasteiger partial charge in [0.2, 0.25) is 0 Å². The second kappa shape index (κ2) is 7.27. The van der Waals surface area contributed by atoms with Crippen LogP contribution in [-0.2, 0) is 4.79 Å². The van der Waals surface area contributed by atoms with Crippen LogP contribution >= 0.6 is 15.9 Å². The van der Waals surface area contributed by atoms with E-state index in [4.69, 9.17) is 4.74 Å².